The highest BCUT2D eigenvalue weighted by Gasteiger charge is 2.25. The predicted molar refractivity (Wildman–Crippen MR) is 71.0 cm³/mol. The van der Waals surface area contributed by atoms with Crippen molar-refractivity contribution < 1.29 is 19.4 Å². The number of carboxylic acid groups (broad SMARTS) is 1. The van der Waals surface area contributed by atoms with E-state index in [0.717, 1.165) is 0 Å². The van der Waals surface area contributed by atoms with Gasteiger partial charge in [-0.1, -0.05) is 38.5 Å². The number of ether oxygens (including phenoxy) is 1. The molecule has 2 atom stereocenters. The van der Waals surface area contributed by atoms with Gasteiger partial charge < -0.3 is 15.2 Å². The lowest BCUT2D eigenvalue weighted by atomic mass is 9.99. The van der Waals surface area contributed by atoms with E-state index in [1.165, 1.54) is 0 Å². The Labute approximate surface area is 112 Å². The van der Waals surface area contributed by atoms with E-state index >= 15 is 0 Å². The zero-order valence-electron chi connectivity index (χ0n) is 11.1. The van der Waals surface area contributed by atoms with Crippen LogP contribution < -0.4 is 10.1 Å². The Morgan fingerprint density at radius 2 is 1.95 bits per heavy atom. The van der Waals surface area contributed by atoms with Crippen molar-refractivity contribution in [2.24, 2.45) is 5.92 Å². The average Bonchev–Trinajstić information content (AvgIpc) is 2.42. The molecule has 0 aliphatic heterocycles. The van der Waals surface area contributed by atoms with E-state index in [1.54, 1.807) is 31.2 Å². The normalized spacial score (nSPS) is 13.4. The molecule has 5 heteroatoms. The third-order valence-electron chi connectivity index (χ3n) is 2.91. The molecule has 0 aromatic heterocycles. The van der Waals surface area contributed by atoms with Gasteiger partial charge in [0.25, 0.3) is 5.91 Å². The van der Waals surface area contributed by atoms with Crippen LogP contribution in [-0.2, 0) is 9.59 Å². The van der Waals surface area contributed by atoms with E-state index in [9.17, 15) is 9.59 Å². The van der Waals surface area contributed by atoms with Crippen LogP contribution in [0.25, 0.3) is 0 Å². The Balaban J connectivity index is 2.47. The lowest BCUT2D eigenvalue weighted by Gasteiger charge is -2.20. The van der Waals surface area contributed by atoms with Crippen LogP contribution in [-0.4, -0.2) is 29.6 Å². The van der Waals surface area contributed by atoms with Gasteiger partial charge in [-0.2, -0.15) is 0 Å². The molecule has 0 saturated carbocycles. The lowest BCUT2D eigenvalue weighted by molar-refractivity contribution is -0.143. The van der Waals surface area contributed by atoms with Crippen molar-refractivity contribution >= 4 is 11.9 Å². The Hall–Kier alpha value is -2.04. The van der Waals surface area contributed by atoms with Crippen molar-refractivity contribution in [1.29, 1.82) is 0 Å². The van der Waals surface area contributed by atoms with Gasteiger partial charge in [-0.05, 0) is 18.1 Å². The molecule has 2 N–H and O–H groups in total. The van der Waals surface area contributed by atoms with Gasteiger partial charge in [0.2, 0.25) is 0 Å². The highest BCUT2D eigenvalue weighted by Crippen LogP contribution is 2.09. The molecule has 0 saturated heterocycles. The smallest absolute Gasteiger partial charge is 0.326 e. The van der Waals surface area contributed by atoms with Gasteiger partial charge in [-0.3, -0.25) is 4.79 Å². The fraction of sp³-hybridized carbons (Fsp3) is 0.429. The maximum atomic E-state index is 11.7. The Morgan fingerprint density at radius 3 is 2.47 bits per heavy atom. The summed E-state index contributed by atoms with van der Waals surface area (Å²) in [7, 11) is 0. The van der Waals surface area contributed by atoms with Gasteiger partial charge in [-0.25, -0.2) is 4.79 Å². The second-order valence-corrected chi connectivity index (χ2v) is 4.37. The largest absolute Gasteiger partial charge is 0.484 e. The molecule has 1 aromatic rings. The molecule has 0 aliphatic carbocycles. The van der Waals surface area contributed by atoms with Crippen molar-refractivity contribution in [3.8, 4) is 5.75 Å². The topological polar surface area (TPSA) is 75.6 Å². The number of carboxylic acids is 1. The van der Waals surface area contributed by atoms with Crippen molar-refractivity contribution in [3.05, 3.63) is 30.3 Å². The van der Waals surface area contributed by atoms with Crippen LogP contribution in [0.4, 0.5) is 0 Å². The first-order chi connectivity index (χ1) is 9.04. The van der Waals surface area contributed by atoms with E-state index in [4.69, 9.17) is 9.84 Å². The summed E-state index contributed by atoms with van der Waals surface area (Å²) >= 11 is 0. The minimum absolute atomic E-state index is 0.127. The standard InChI is InChI=1S/C14H19NO4/c1-3-10(2)13(14(17)18)15-12(16)9-19-11-7-5-4-6-8-11/h4-8,10,13H,3,9H2,1-2H3,(H,15,16)(H,17,18). The maximum Gasteiger partial charge on any atom is 0.326 e. The molecule has 0 aliphatic rings. The highest BCUT2D eigenvalue weighted by atomic mass is 16.5. The molecule has 104 valence electrons. The fourth-order valence-electron chi connectivity index (χ4n) is 1.56. The summed E-state index contributed by atoms with van der Waals surface area (Å²) in [6.45, 7) is 3.48. The molecule has 0 spiro atoms. The number of carbonyl (C=O) groups is 2. The molecule has 2 unspecified atom stereocenters. The first kappa shape index (κ1) is 15.0. The number of hydrogen-bond acceptors (Lipinski definition) is 3. The summed E-state index contributed by atoms with van der Waals surface area (Å²) in [5, 5.41) is 11.5. The minimum Gasteiger partial charge on any atom is -0.484 e. The average molecular weight is 265 g/mol. The zero-order chi connectivity index (χ0) is 14.3. The number of aliphatic carboxylic acids is 1. The van der Waals surface area contributed by atoms with Crippen molar-refractivity contribution in [1.82, 2.24) is 5.32 Å². The molecule has 0 radical (unpaired) electrons. The Morgan fingerprint density at radius 1 is 1.32 bits per heavy atom. The van der Waals surface area contributed by atoms with Gasteiger partial charge >= 0.3 is 5.97 Å². The molecule has 1 aromatic carbocycles. The van der Waals surface area contributed by atoms with E-state index in [0.29, 0.717) is 12.2 Å². The van der Waals surface area contributed by atoms with Crippen molar-refractivity contribution in [3.63, 3.8) is 0 Å². The maximum absolute atomic E-state index is 11.7. The Bertz CT molecular complexity index is 419. The molecule has 5 nitrogen and oxygen atoms in total. The van der Waals surface area contributed by atoms with Gasteiger partial charge in [0, 0.05) is 0 Å². The van der Waals surface area contributed by atoms with Crippen LogP contribution in [0.15, 0.2) is 30.3 Å². The summed E-state index contributed by atoms with van der Waals surface area (Å²) in [5.41, 5.74) is 0. The molecule has 1 amide bonds. The van der Waals surface area contributed by atoms with Gasteiger partial charge in [-0.15, -0.1) is 0 Å². The molecular weight excluding hydrogens is 246 g/mol. The summed E-state index contributed by atoms with van der Waals surface area (Å²) in [6.07, 6.45) is 0.677. The van der Waals surface area contributed by atoms with E-state index in [-0.39, 0.29) is 12.5 Å². The zero-order valence-corrected chi connectivity index (χ0v) is 11.1. The number of carbonyl (C=O) groups excluding carboxylic acids is 1. The van der Waals surface area contributed by atoms with Gasteiger partial charge in [0.1, 0.15) is 11.8 Å². The van der Waals surface area contributed by atoms with Crippen LogP contribution in [0.3, 0.4) is 0 Å². The summed E-state index contributed by atoms with van der Waals surface area (Å²) in [6, 6.07) is 8.03. The van der Waals surface area contributed by atoms with Crippen LogP contribution in [0.1, 0.15) is 20.3 Å². The van der Waals surface area contributed by atoms with Gasteiger partial charge in [0.05, 0.1) is 0 Å². The fourth-order valence-corrected chi connectivity index (χ4v) is 1.56. The minimum atomic E-state index is -1.03. The molecule has 0 bridgehead atoms. The Kier molecular flexibility index (Phi) is 5.85. The molecule has 0 fully saturated rings. The number of para-hydroxylation sites is 1. The predicted octanol–water partition coefficient (Wildman–Crippen LogP) is 1.68. The third kappa shape index (κ3) is 4.99. The number of rotatable bonds is 7. The van der Waals surface area contributed by atoms with Crippen molar-refractivity contribution in [2.45, 2.75) is 26.3 Å². The van der Waals surface area contributed by atoms with Crippen LogP contribution in [0.5, 0.6) is 5.75 Å². The van der Waals surface area contributed by atoms with Crippen molar-refractivity contribution in [2.75, 3.05) is 6.61 Å². The number of nitrogens with one attached hydrogen (secondary N) is 1. The van der Waals surface area contributed by atoms with Gasteiger partial charge in [0.15, 0.2) is 6.61 Å². The first-order valence-corrected chi connectivity index (χ1v) is 6.24. The van der Waals surface area contributed by atoms with Crippen LogP contribution in [0, 0.1) is 5.92 Å². The quantitative estimate of drug-likeness (QED) is 0.786. The van der Waals surface area contributed by atoms with Crippen LogP contribution in [0.2, 0.25) is 0 Å². The molecular formula is C14H19NO4. The molecule has 19 heavy (non-hydrogen) atoms. The summed E-state index contributed by atoms with van der Waals surface area (Å²) < 4.78 is 5.26. The molecule has 1 rings (SSSR count). The summed E-state index contributed by atoms with van der Waals surface area (Å²) in [4.78, 5) is 22.7. The lowest BCUT2D eigenvalue weighted by Crippen LogP contribution is -2.46. The first-order valence-electron chi connectivity index (χ1n) is 6.24. The monoisotopic (exact) mass is 265 g/mol. The SMILES string of the molecule is CCC(C)C(NC(=O)COc1ccccc1)C(=O)O. The summed E-state index contributed by atoms with van der Waals surface area (Å²) in [5.74, 6) is -1.01. The van der Waals surface area contributed by atoms with E-state index in [2.05, 4.69) is 5.32 Å². The number of hydrogen-bond donors (Lipinski definition) is 2. The highest BCUT2D eigenvalue weighted by molar-refractivity contribution is 5.84. The number of amides is 1. The third-order valence-corrected chi connectivity index (χ3v) is 2.91. The number of benzene rings is 1. The van der Waals surface area contributed by atoms with E-state index in [1.807, 2.05) is 13.0 Å². The van der Waals surface area contributed by atoms with E-state index < -0.39 is 17.9 Å². The van der Waals surface area contributed by atoms with Crippen LogP contribution >= 0.6 is 0 Å². The second-order valence-electron chi connectivity index (χ2n) is 4.37. The molecule has 0 heterocycles. The second kappa shape index (κ2) is 7.41.